The number of halogens is 1. The van der Waals surface area contributed by atoms with Crippen LogP contribution in [0.1, 0.15) is 26.7 Å². The van der Waals surface area contributed by atoms with Crippen molar-refractivity contribution < 1.29 is 13.3 Å². The van der Waals surface area contributed by atoms with Crippen LogP contribution in [0.4, 0.5) is 5.69 Å². The maximum atomic E-state index is 12.6. The van der Waals surface area contributed by atoms with Crippen molar-refractivity contribution >= 4 is 27.3 Å². The molecule has 21 heavy (non-hydrogen) atoms. The number of sulfonamides is 1. The van der Waals surface area contributed by atoms with E-state index in [1.807, 2.05) is 13.8 Å². The highest BCUT2D eigenvalue weighted by molar-refractivity contribution is 7.89. The molecule has 0 atom stereocenters. The molecule has 1 heterocycles. The van der Waals surface area contributed by atoms with Gasteiger partial charge in [0.1, 0.15) is 5.02 Å². The number of hydrogen-bond donors (Lipinski definition) is 0. The van der Waals surface area contributed by atoms with Crippen LogP contribution in [0.5, 0.6) is 0 Å². The Labute approximate surface area is 128 Å². The van der Waals surface area contributed by atoms with Gasteiger partial charge in [0.2, 0.25) is 10.0 Å². The van der Waals surface area contributed by atoms with E-state index >= 15 is 0 Å². The molecule has 1 fully saturated rings. The molecule has 1 aliphatic heterocycles. The number of nitro benzene ring substituents is 1. The minimum atomic E-state index is -3.74. The molecule has 0 saturated carbocycles. The highest BCUT2D eigenvalue weighted by atomic mass is 35.5. The molecule has 1 saturated heterocycles. The van der Waals surface area contributed by atoms with E-state index in [9.17, 15) is 18.5 Å². The van der Waals surface area contributed by atoms with Crippen molar-refractivity contribution in [2.45, 2.75) is 31.6 Å². The van der Waals surface area contributed by atoms with Crippen LogP contribution in [0.15, 0.2) is 23.1 Å². The van der Waals surface area contributed by atoms with Gasteiger partial charge in [0, 0.05) is 19.2 Å². The minimum absolute atomic E-state index is 0.0714. The molecule has 6 nitrogen and oxygen atoms in total. The van der Waals surface area contributed by atoms with Gasteiger partial charge in [0.25, 0.3) is 5.69 Å². The molecule has 0 N–H and O–H groups in total. The second kappa shape index (κ2) is 5.55. The SMILES string of the molecule is CC1(C)CCCN(S(=O)(=O)c2ccc(Cl)c([N+](=O)[O-])c2)C1. The number of piperidine rings is 1. The molecule has 8 heteroatoms. The fourth-order valence-electron chi connectivity index (χ4n) is 2.52. The van der Waals surface area contributed by atoms with Gasteiger partial charge in [-0.2, -0.15) is 4.31 Å². The highest BCUT2D eigenvalue weighted by Gasteiger charge is 2.34. The maximum absolute atomic E-state index is 12.6. The van der Waals surface area contributed by atoms with Crippen LogP contribution in [0.2, 0.25) is 5.02 Å². The monoisotopic (exact) mass is 332 g/mol. The van der Waals surface area contributed by atoms with Gasteiger partial charge in [-0.1, -0.05) is 25.4 Å². The molecule has 0 radical (unpaired) electrons. The lowest BCUT2D eigenvalue weighted by Crippen LogP contribution is -2.43. The van der Waals surface area contributed by atoms with E-state index in [2.05, 4.69) is 0 Å². The molecule has 0 spiro atoms. The van der Waals surface area contributed by atoms with Crippen LogP contribution in [-0.2, 0) is 10.0 Å². The minimum Gasteiger partial charge on any atom is -0.258 e. The number of benzene rings is 1. The lowest BCUT2D eigenvalue weighted by atomic mass is 9.85. The summed E-state index contributed by atoms with van der Waals surface area (Å²) in [6.45, 7) is 4.87. The van der Waals surface area contributed by atoms with E-state index < -0.39 is 20.6 Å². The second-order valence-electron chi connectivity index (χ2n) is 5.98. The van der Waals surface area contributed by atoms with Crippen molar-refractivity contribution in [3.63, 3.8) is 0 Å². The lowest BCUT2D eigenvalue weighted by Gasteiger charge is -2.37. The largest absolute Gasteiger partial charge is 0.289 e. The van der Waals surface area contributed by atoms with Gasteiger partial charge < -0.3 is 0 Å². The Hall–Kier alpha value is -1.18. The average molecular weight is 333 g/mol. The standard InChI is InChI=1S/C13H17ClN2O4S/c1-13(2)6-3-7-15(9-13)21(19,20)10-4-5-11(14)12(8-10)16(17)18/h4-5,8H,3,6-7,9H2,1-2H3. The molecular formula is C13H17ClN2O4S. The van der Waals surface area contributed by atoms with Crippen LogP contribution in [0.25, 0.3) is 0 Å². The van der Waals surface area contributed by atoms with Crippen molar-refractivity contribution in [2.75, 3.05) is 13.1 Å². The van der Waals surface area contributed by atoms with Crippen LogP contribution in [0, 0.1) is 15.5 Å². The molecule has 116 valence electrons. The lowest BCUT2D eigenvalue weighted by molar-refractivity contribution is -0.384. The normalized spacial score (nSPS) is 19.4. The Morgan fingerprint density at radius 2 is 2.05 bits per heavy atom. The zero-order chi connectivity index (χ0) is 15.8. The highest BCUT2D eigenvalue weighted by Crippen LogP contribution is 2.33. The first kappa shape index (κ1) is 16.2. The molecule has 1 aliphatic rings. The Bertz CT molecular complexity index is 673. The Morgan fingerprint density at radius 3 is 2.62 bits per heavy atom. The third-order valence-electron chi connectivity index (χ3n) is 3.62. The smallest absolute Gasteiger partial charge is 0.258 e. The number of nitrogens with zero attached hydrogens (tertiary/aromatic N) is 2. The zero-order valence-electron chi connectivity index (χ0n) is 11.9. The second-order valence-corrected chi connectivity index (χ2v) is 8.32. The topological polar surface area (TPSA) is 80.5 Å². The van der Waals surface area contributed by atoms with Gasteiger partial charge >= 0.3 is 0 Å². The van der Waals surface area contributed by atoms with Gasteiger partial charge in [-0.15, -0.1) is 0 Å². The van der Waals surface area contributed by atoms with Gasteiger partial charge in [-0.05, 0) is 30.4 Å². The quantitative estimate of drug-likeness (QED) is 0.629. The average Bonchev–Trinajstić information content (AvgIpc) is 2.37. The van der Waals surface area contributed by atoms with Crippen molar-refractivity contribution in [1.29, 1.82) is 0 Å². The van der Waals surface area contributed by atoms with E-state index in [-0.39, 0.29) is 15.3 Å². The fraction of sp³-hybridized carbons (Fsp3) is 0.538. The van der Waals surface area contributed by atoms with Gasteiger partial charge in [-0.25, -0.2) is 8.42 Å². The van der Waals surface area contributed by atoms with Crippen molar-refractivity contribution in [3.8, 4) is 0 Å². The van der Waals surface area contributed by atoms with Crippen LogP contribution >= 0.6 is 11.6 Å². The van der Waals surface area contributed by atoms with Crippen molar-refractivity contribution in [2.24, 2.45) is 5.41 Å². The van der Waals surface area contributed by atoms with Crippen LogP contribution < -0.4 is 0 Å². The summed E-state index contributed by atoms with van der Waals surface area (Å²) in [5.41, 5.74) is -0.488. The maximum Gasteiger partial charge on any atom is 0.289 e. The van der Waals surface area contributed by atoms with Crippen LogP contribution in [0.3, 0.4) is 0 Å². The molecule has 0 amide bonds. The van der Waals surface area contributed by atoms with E-state index in [0.29, 0.717) is 13.1 Å². The third-order valence-corrected chi connectivity index (χ3v) is 5.78. The number of nitro groups is 1. The van der Waals surface area contributed by atoms with Gasteiger partial charge in [0.05, 0.1) is 9.82 Å². The third kappa shape index (κ3) is 3.36. The molecule has 0 bridgehead atoms. The van der Waals surface area contributed by atoms with E-state index in [4.69, 9.17) is 11.6 Å². The molecule has 1 aromatic rings. The molecular weight excluding hydrogens is 316 g/mol. The summed E-state index contributed by atoms with van der Waals surface area (Å²) in [4.78, 5) is 10.1. The summed E-state index contributed by atoms with van der Waals surface area (Å²) >= 11 is 5.72. The summed E-state index contributed by atoms with van der Waals surface area (Å²) in [6, 6.07) is 3.59. The molecule has 2 rings (SSSR count). The molecule has 0 aliphatic carbocycles. The van der Waals surface area contributed by atoms with E-state index in [1.54, 1.807) is 0 Å². The summed E-state index contributed by atoms with van der Waals surface area (Å²) in [5, 5.41) is 10.8. The Kier molecular flexibility index (Phi) is 4.28. The van der Waals surface area contributed by atoms with E-state index in [0.717, 1.165) is 18.9 Å². The van der Waals surface area contributed by atoms with Gasteiger partial charge in [0.15, 0.2) is 0 Å². The Balaban J connectivity index is 2.40. The summed E-state index contributed by atoms with van der Waals surface area (Å²) in [6.07, 6.45) is 1.74. The number of rotatable bonds is 3. The van der Waals surface area contributed by atoms with E-state index in [1.165, 1.54) is 16.4 Å². The zero-order valence-corrected chi connectivity index (χ0v) is 13.4. The molecule has 0 unspecified atom stereocenters. The molecule has 0 aromatic heterocycles. The number of hydrogen-bond acceptors (Lipinski definition) is 4. The van der Waals surface area contributed by atoms with Gasteiger partial charge in [-0.3, -0.25) is 10.1 Å². The predicted molar refractivity (Wildman–Crippen MR) is 79.9 cm³/mol. The van der Waals surface area contributed by atoms with Crippen LogP contribution in [-0.4, -0.2) is 30.7 Å². The first-order chi connectivity index (χ1) is 9.63. The van der Waals surface area contributed by atoms with Crippen molar-refractivity contribution in [3.05, 3.63) is 33.3 Å². The summed E-state index contributed by atoms with van der Waals surface area (Å²) in [5.74, 6) is 0. The first-order valence-electron chi connectivity index (χ1n) is 6.58. The Morgan fingerprint density at radius 1 is 1.38 bits per heavy atom. The summed E-state index contributed by atoms with van der Waals surface area (Å²) in [7, 11) is -3.74. The predicted octanol–water partition coefficient (Wildman–Crippen LogP) is 3.06. The molecule has 1 aromatic carbocycles. The fourth-order valence-corrected chi connectivity index (χ4v) is 4.39. The summed E-state index contributed by atoms with van der Waals surface area (Å²) < 4.78 is 26.6. The first-order valence-corrected chi connectivity index (χ1v) is 8.39. The van der Waals surface area contributed by atoms with Crippen molar-refractivity contribution in [1.82, 2.24) is 4.31 Å².